The SMILES string of the molecule is CCN(CC)c1ccc([C@@H]2NC(=O)N[C@](O)(C(F)(F)F)[C@@H]2C(=O)c2cccnc2)cc1. The second kappa shape index (κ2) is 8.54. The number of hydrogen-bond donors (Lipinski definition) is 3. The summed E-state index contributed by atoms with van der Waals surface area (Å²) in [6.45, 7) is 5.40. The third kappa shape index (κ3) is 4.20. The Hall–Kier alpha value is -3.14. The Balaban J connectivity index is 2.09. The van der Waals surface area contributed by atoms with E-state index < -0.39 is 35.7 Å². The first-order chi connectivity index (χ1) is 14.6. The van der Waals surface area contributed by atoms with E-state index in [2.05, 4.69) is 10.3 Å². The molecule has 0 aliphatic carbocycles. The van der Waals surface area contributed by atoms with Crippen LogP contribution in [-0.2, 0) is 0 Å². The molecule has 31 heavy (non-hydrogen) atoms. The monoisotopic (exact) mass is 436 g/mol. The third-order valence-corrected chi connectivity index (χ3v) is 5.42. The van der Waals surface area contributed by atoms with Gasteiger partial charge >= 0.3 is 12.2 Å². The number of carbonyl (C=O) groups excluding carboxylic acids is 2. The van der Waals surface area contributed by atoms with Crippen molar-refractivity contribution in [3.8, 4) is 0 Å². The van der Waals surface area contributed by atoms with Gasteiger partial charge in [0.15, 0.2) is 5.78 Å². The lowest BCUT2D eigenvalue weighted by Gasteiger charge is -2.45. The highest BCUT2D eigenvalue weighted by atomic mass is 19.4. The average molecular weight is 436 g/mol. The lowest BCUT2D eigenvalue weighted by Crippen LogP contribution is -2.72. The van der Waals surface area contributed by atoms with Crippen molar-refractivity contribution in [1.82, 2.24) is 15.6 Å². The number of anilines is 1. The lowest BCUT2D eigenvalue weighted by molar-refractivity contribution is -0.287. The molecule has 10 heteroatoms. The minimum atomic E-state index is -5.30. The van der Waals surface area contributed by atoms with Crippen molar-refractivity contribution in [2.24, 2.45) is 5.92 Å². The molecule has 0 bridgehead atoms. The zero-order valence-electron chi connectivity index (χ0n) is 17.0. The number of Topliss-reactive ketones (excluding diaryl/α,β-unsaturated/α-hetero) is 1. The van der Waals surface area contributed by atoms with E-state index in [0.29, 0.717) is 0 Å². The van der Waals surface area contributed by atoms with Gasteiger partial charge in [0.1, 0.15) is 5.92 Å². The van der Waals surface area contributed by atoms with Crippen molar-refractivity contribution in [2.75, 3.05) is 18.0 Å². The fraction of sp³-hybridized carbons (Fsp3) is 0.381. The number of halogens is 3. The number of amides is 2. The topological polar surface area (TPSA) is 94.6 Å². The molecule has 3 atom stereocenters. The predicted molar refractivity (Wildman–Crippen MR) is 107 cm³/mol. The summed E-state index contributed by atoms with van der Waals surface area (Å²) in [5.74, 6) is -3.08. The van der Waals surface area contributed by atoms with Gasteiger partial charge in [0, 0.05) is 36.7 Å². The second-order valence-corrected chi connectivity index (χ2v) is 7.19. The molecule has 2 heterocycles. The number of rotatable bonds is 6. The number of hydrogen-bond acceptors (Lipinski definition) is 5. The number of pyridine rings is 1. The maximum Gasteiger partial charge on any atom is 0.437 e. The fourth-order valence-corrected chi connectivity index (χ4v) is 3.79. The summed E-state index contributed by atoms with van der Waals surface area (Å²) in [4.78, 5) is 31.0. The summed E-state index contributed by atoms with van der Waals surface area (Å²) >= 11 is 0. The highest BCUT2D eigenvalue weighted by Crippen LogP contribution is 2.44. The first-order valence-electron chi connectivity index (χ1n) is 9.79. The number of urea groups is 1. The zero-order valence-corrected chi connectivity index (χ0v) is 17.0. The van der Waals surface area contributed by atoms with Gasteiger partial charge in [0.05, 0.1) is 6.04 Å². The number of benzene rings is 1. The number of nitrogens with one attached hydrogen (secondary N) is 2. The van der Waals surface area contributed by atoms with Crippen LogP contribution in [0.1, 0.15) is 35.8 Å². The zero-order chi connectivity index (χ0) is 22.8. The Bertz CT molecular complexity index is 933. The van der Waals surface area contributed by atoms with Crippen molar-refractivity contribution < 1.29 is 27.9 Å². The van der Waals surface area contributed by atoms with Gasteiger partial charge < -0.3 is 20.6 Å². The van der Waals surface area contributed by atoms with Crippen LogP contribution in [0.15, 0.2) is 48.8 Å². The highest BCUT2D eigenvalue weighted by Gasteiger charge is 2.66. The van der Waals surface area contributed by atoms with Gasteiger partial charge in [-0.1, -0.05) is 12.1 Å². The first kappa shape index (κ1) is 22.5. The summed E-state index contributed by atoms with van der Waals surface area (Å²) in [7, 11) is 0. The quantitative estimate of drug-likeness (QED) is 0.606. The van der Waals surface area contributed by atoms with Crippen LogP contribution in [-0.4, -0.2) is 46.9 Å². The molecule has 1 fully saturated rings. The van der Waals surface area contributed by atoms with Crippen LogP contribution in [0.3, 0.4) is 0 Å². The van der Waals surface area contributed by atoms with Gasteiger partial charge in [-0.25, -0.2) is 4.79 Å². The van der Waals surface area contributed by atoms with Crippen LogP contribution in [0, 0.1) is 5.92 Å². The predicted octanol–water partition coefficient (Wildman–Crippen LogP) is 3.03. The molecule has 2 aromatic rings. The minimum Gasteiger partial charge on any atom is -0.372 e. The van der Waals surface area contributed by atoms with Crippen LogP contribution in [0.4, 0.5) is 23.7 Å². The number of carbonyl (C=O) groups is 2. The molecule has 1 aliphatic heterocycles. The smallest absolute Gasteiger partial charge is 0.372 e. The summed E-state index contributed by atoms with van der Waals surface area (Å²) < 4.78 is 41.7. The Morgan fingerprint density at radius 3 is 2.35 bits per heavy atom. The van der Waals surface area contributed by atoms with Crippen molar-refractivity contribution in [3.63, 3.8) is 0 Å². The van der Waals surface area contributed by atoms with Crippen molar-refractivity contribution in [3.05, 3.63) is 59.9 Å². The van der Waals surface area contributed by atoms with E-state index in [1.807, 2.05) is 18.7 Å². The molecule has 0 spiro atoms. The Kier molecular flexibility index (Phi) is 6.21. The van der Waals surface area contributed by atoms with Crippen molar-refractivity contribution >= 4 is 17.5 Å². The van der Waals surface area contributed by atoms with Gasteiger partial charge in [-0.2, -0.15) is 13.2 Å². The standard InChI is InChI=1S/C21H23F3N4O3/c1-3-28(4-2)15-9-7-13(8-10-15)17-16(18(29)14-6-5-11-25-12-14)20(31,21(22,23)24)27-19(30)26-17/h5-12,16-17,31H,3-4H2,1-2H3,(H2,26,27,30)/t16-,17-,20+/m0/s1. The maximum atomic E-state index is 13.9. The second-order valence-electron chi connectivity index (χ2n) is 7.19. The molecule has 1 aromatic carbocycles. The van der Waals surface area contributed by atoms with Crippen LogP contribution in [0.2, 0.25) is 0 Å². The number of aliphatic hydroxyl groups is 1. The van der Waals surface area contributed by atoms with Crippen LogP contribution < -0.4 is 15.5 Å². The van der Waals surface area contributed by atoms with Gasteiger partial charge in [-0.3, -0.25) is 9.78 Å². The molecule has 3 N–H and O–H groups in total. The molecule has 3 rings (SSSR count). The van der Waals surface area contributed by atoms with Crippen LogP contribution in [0.25, 0.3) is 0 Å². The van der Waals surface area contributed by atoms with Crippen molar-refractivity contribution in [1.29, 1.82) is 0 Å². The number of nitrogens with zero attached hydrogens (tertiary/aromatic N) is 2. The van der Waals surface area contributed by atoms with Gasteiger partial charge in [-0.15, -0.1) is 0 Å². The van der Waals surface area contributed by atoms with E-state index in [-0.39, 0.29) is 11.1 Å². The number of aromatic nitrogens is 1. The Morgan fingerprint density at radius 1 is 1.19 bits per heavy atom. The molecule has 0 unspecified atom stereocenters. The molecule has 0 saturated carbocycles. The van der Waals surface area contributed by atoms with E-state index in [1.54, 1.807) is 24.3 Å². The molecule has 1 aromatic heterocycles. The summed E-state index contributed by atoms with van der Waals surface area (Å²) in [6, 6.07) is 6.57. The fourth-order valence-electron chi connectivity index (χ4n) is 3.79. The Morgan fingerprint density at radius 2 is 1.84 bits per heavy atom. The minimum absolute atomic E-state index is 0.113. The molecule has 7 nitrogen and oxygen atoms in total. The van der Waals surface area contributed by atoms with E-state index >= 15 is 0 Å². The normalized spacial score (nSPS) is 23.6. The Labute approximate surface area is 177 Å². The lowest BCUT2D eigenvalue weighted by atomic mass is 9.77. The maximum absolute atomic E-state index is 13.9. The first-order valence-corrected chi connectivity index (χ1v) is 9.79. The van der Waals surface area contributed by atoms with E-state index in [1.165, 1.54) is 23.6 Å². The third-order valence-electron chi connectivity index (χ3n) is 5.42. The molecule has 1 saturated heterocycles. The van der Waals surface area contributed by atoms with Gasteiger partial charge in [0.2, 0.25) is 5.72 Å². The molecular weight excluding hydrogens is 413 g/mol. The average Bonchev–Trinajstić information content (AvgIpc) is 2.74. The summed E-state index contributed by atoms with van der Waals surface area (Å²) in [6.07, 6.45) is -2.81. The molecule has 0 radical (unpaired) electrons. The van der Waals surface area contributed by atoms with Crippen molar-refractivity contribution in [2.45, 2.75) is 31.8 Å². The molecular formula is C21H23F3N4O3. The number of alkyl halides is 3. The van der Waals surface area contributed by atoms with E-state index in [4.69, 9.17) is 0 Å². The van der Waals surface area contributed by atoms with E-state index in [9.17, 15) is 27.9 Å². The molecule has 1 aliphatic rings. The molecule has 166 valence electrons. The highest BCUT2D eigenvalue weighted by molar-refractivity contribution is 6.00. The summed E-state index contributed by atoms with van der Waals surface area (Å²) in [5.41, 5.74) is -2.77. The molecule has 2 amide bonds. The van der Waals surface area contributed by atoms with Crippen LogP contribution in [0.5, 0.6) is 0 Å². The van der Waals surface area contributed by atoms with Crippen LogP contribution >= 0.6 is 0 Å². The van der Waals surface area contributed by atoms with Gasteiger partial charge in [-0.05, 0) is 43.7 Å². The summed E-state index contributed by atoms with van der Waals surface area (Å²) in [5, 5.41) is 14.5. The van der Waals surface area contributed by atoms with E-state index in [0.717, 1.165) is 25.0 Å². The van der Waals surface area contributed by atoms with Gasteiger partial charge in [0.25, 0.3) is 0 Å². The number of ketones is 1. The largest absolute Gasteiger partial charge is 0.437 e.